The highest BCUT2D eigenvalue weighted by Crippen LogP contribution is 2.18. The first kappa shape index (κ1) is 15.7. The topological polar surface area (TPSA) is 72.5 Å². The van der Waals surface area contributed by atoms with Gasteiger partial charge in [0.15, 0.2) is 0 Å². The van der Waals surface area contributed by atoms with Gasteiger partial charge in [0.1, 0.15) is 0 Å². The van der Waals surface area contributed by atoms with Gasteiger partial charge in [-0.2, -0.15) is 0 Å². The molecule has 0 spiro atoms. The third kappa shape index (κ3) is 7.09. The molecule has 0 amide bonds. The maximum absolute atomic E-state index is 11.1. The standard InChI is InChI=1S/C11H23NO3S/c1-4-15-11(14)7-16-10(6-13)9(12)5-8(2)3/h8-10,13H,4-7,12H2,1-3H3. The van der Waals surface area contributed by atoms with Gasteiger partial charge in [0, 0.05) is 11.3 Å². The van der Waals surface area contributed by atoms with Crippen molar-refractivity contribution in [1.82, 2.24) is 0 Å². The third-order valence-corrected chi connectivity index (χ3v) is 3.45. The SMILES string of the molecule is CCOC(=O)CSC(CO)C(N)CC(C)C. The first-order chi connectivity index (χ1) is 7.51. The summed E-state index contributed by atoms with van der Waals surface area (Å²) in [6.45, 7) is 6.34. The second-order valence-corrected chi connectivity index (χ2v) is 5.36. The summed E-state index contributed by atoms with van der Waals surface area (Å²) in [5.74, 6) is 0.500. The summed E-state index contributed by atoms with van der Waals surface area (Å²) in [6, 6.07) is -0.0792. The van der Waals surface area contributed by atoms with Gasteiger partial charge in [-0.1, -0.05) is 13.8 Å². The number of aliphatic hydroxyl groups excluding tert-OH is 1. The zero-order valence-corrected chi connectivity index (χ0v) is 11.1. The van der Waals surface area contributed by atoms with Crippen LogP contribution in [0.4, 0.5) is 0 Å². The first-order valence-electron chi connectivity index (χ1n) is 5.64. The van der Waals surface area contributed by atoms with Crippen LogP contribution in [0.3, 0.4) is 0 Å². The lowest BCUT2D eigenvalue weighted by atomic mass is 10.0. The van der Waals surface area contributed by atoms with E-state index in [9.17, 15) is 9.90 Å². The van der Waals surface area contributed by atoms with Crippen LogP contribution < -0.4 is 5.73 Å². The van der Waals surface area contributed by atoms with Crippen molar-refractivity contribution in [2.75, 3.05) is 19.0 Å². The van der Waals surface area contributed by atoms with E-state index in [1.807, 2.05) is 0 Å². The van der Waals surface area contributed by atoms with Crippen LogP contribution >= 0.6 is 11.8 Å². The predicted molar refractivity (Wildman–Crippen MR) is 67.4 cm³/mol. The monoisotopic (exact) mass is 249 g/mol. The molecular formula is C11H23NO3S. The molecule has 0 fully saturated rings. The Morgan fingerprint density at radius 2 is 2.12 bits per heavy atom. The molecule has 0 radical (unpaired) electrons. The van der Waals surface area contributed by atoms with E-state index in [1.165, 1.54) is 11.8 Å². The van der Waals surface area contributed by atoms with E-state index < -0.39 is 0 Å². The van der Waals surface area contributed by atoms with Crippen LogP contribution in [0.2, 0.25) is 0 Å². The predicted octanol–water partition coefficient (Wildman–Crippen LogP) is 1.02. The fourth-order valence-corrected chi connectivity index (χ4v) is 2.28. The average Bonchev–Trinajstić information content (AvgIpc) is 2.17. The van der Waals surface area contributed by atoms with Crippen molar-refractivity contribution >= 4 is 17.7 Å². The van der Waals surface area contributed by atoms with E-state index in [2.05, 4.69) is 13.8 Å². The van der Waals surface area contributed by atoms with Crippen LogP contribution in [-0.4, -0.2) is 41.3 Å². The zero-order valence-electron chi connectivity index (χ0n) is 10.3. The van der Waals surface area contributed by atoms with Crippen molar-refractivity contribution in [1.29, 1.82) is 0 Å². The van der Waals surface area contributed by atoms with Crippen molar-refractivity contribution in [2.45, 2.75) is 38.5 Å². The van der Waals surface area contributed by atoms with Crippen molar-refractivity contribution < 1.29 is 14.6 Å². The summed E-state index contributed by atoms with van der Waals surface area (Å²) >= 11 is 1.37. The Kier molecular flexibility index (Phi) is 8.70. The van der Waals surface area contributed by atoms with E-state index in [0.717, 1.165) is 6.42 Å². The number of hydrogen-bond acceptors (Lipinski definition) is 5. The number of hydrogen-bond donors (Lipinski definition) is 2. The molecule has 96 valence electrons. The smallest absolute Gasteiger partial charge is 0.315 e. The molecule has 0 saturated carbocycles. The molecule has 5 heteroatoms. The van der Waals surface area contributed by atoms with Gasteiger partial charge in [-0.25, -0.2) is 0 Å². The third-order valence-electron chi connectivity index (χ3n) is 2.12. The highest BCUT2D eigenvalue weighted by atomic mass is 32.2. The van der Waals surface area contributed by atoms with E-state index in [1.54, 1.807) is 6.92 Å². The summed E-state index contributed by atoms with van der Waals surface area (Å²) in [7, 11) is 0. The number of carbonyl (C=O) groups is 1. The molecule has 0 aromatic rings. The van der Waals surface area contributed by atoms with Crippen molar-refractivity contribution in [2.24, 2.45) is 11.7 Å². The minimum atomic E-state index is -0.248. The Hall–Kier alpha value is -0.260. The maximum Gasteiger partial charge on any atom is 0.315 e. The number of carbonyl (C=O) groups excluding carboxylic acids is 1. The molecule has 3 N–H and O–H groups in total. The molecule has 0 aromatic carbocycles. The highest BCUT2D eigenvalue weighted by molar-refractivity contribution is 8.00. The van der Waals surface area contributed by atoms with Gasteiger partial charge in [0.05, 0.1) is 19.0 Å². The number of nitrogens with two attached hydrogens (primary N) is 1. The van der Waals surface area contributed by atoms with Crippen molar-refractivity contribution in [3.05, 3.63) is 0 Å². The van der Waals surface area contributed by atoms with Crippen LogP contribution in [0.15, 0.2) is 0 Å². The largest absolute Gasteiger partial charge is 0.465 e. The number of thioether (sulfide) groups is 1. The van der Waals surface area contributed by atoms with Crippen LogP contribution in [-0.2, 0) is 9.53 Å². The second kappa shape index (κ2) is 8.84. The Morgan fingerprint density at radius 3 is 2.56 bits per heavy atom. The number of aliphatic hydroxyl groups is 1. The fraction of sp³-hybridized carbons (Fsp3) is 0.909. The Bertz CT molecular complexity index is 200. The molecule has 2 unspecified atom stereocenters. The molecule has 0 heterocycles. The number of rotatable bonds is 8. The molecule has 0 rings (SSSR count). The molecule has 0 aliphatic carbocycles. The first-order valence-corrected chi connectivity index (χ1v) is 6.69. The Balaban J connectivity index is 3.94. The lowest BCUT2D eigenvalue weighted by molar-refractivity contribution is -0.139. The summed E-state index contributed by atoms with van der Waals surface area (Å²) < 4.78 is 4.82. The molecule has 0 aliphatic heterocycles. The molecule has 16 heavy (non-hydrogen) atoms. The second-order valence-electron chi connectivity index (χ2n) is 4.13. The average molecular weight is 249 g/mol. The maximum atomic E-state index is 11.1. The summed E-state index contributed by atoms with van der Waals surface area (Å²) in [6.07, 6.45) is 0.848. The van der Waals surface area contributed by atoms with Crippen LogP contribution in [0, 0.1) is 5.92 Å². The van der Waals surface area contributed by atoms with Crippen molar-refractivity contribution in [3.63, 3.8) is 0 Å². The minimum absolute atomic E-state index is 0.00203. The van der Waals surface area contributed by atoms with Gasteiger partial charge in [-0.3, -0.25) is 4.79 Å². The summed E-state index contributed by atoms with van der Waals surface area (Å²) in [5.41, 5.74) is 5.96. The lowest BCUT2D eigenvalue weighted by Gasteiger charge is -2.22. The Labute approximate surface area is 102 Å². The highest BCUT2D eigenvalue weighted by Gasteiger charge is 2.19. The zero-order chi connectivity index (χ0) is 12.6. The summed E-state index contributed by atoms with van der Waals surface area (Å²) in [4.78, 5) is 11.1. The number of ether oxygens (including phenoxy) is 1. The fourth-order valence-electron chi connectivity index (χ4n) is 1.39. The minimum Gasteiger partial charge on any atom is -0.465 e. The van der Waals surface area contributed by atoms with Gasteiger partial charge in [0.2, 0.25) is 0 Å². The van der Waals surface area contributed by atoms with E-state index >= 15 is 0 Å². The summed E-state index contributed by atoms with van der Waals surface area (Å²) in [5, 5.41) is 9.11. The molecule has 0 bridgehead atoms. The van der Waals surface area contributed by atoms with Gasteiger partial charge >= 0.3 is 5.97 Å². The van der Waals surface area contributed by atoms with Crippen LogP contribution in [0.1, 0.15) is 27.2 Å². The molecule has 0 aromatic heterocycles. The van der Waals surface area contributed by atoms with Gasteiger partial charge in [-0.05, 0) is 19.3 Å². The molecule has 0 aliphatic rings. The van der Waals surface area contributed by atoms with E-state index in [-0.39, 0.29) is 29.6 Å². The Morgan fingerprint density at radius 1 is 1.50 bits per heavy atom. The van der Waals surface area contributed by atoms with E-state index in [4.69, 9.17) is 10.5 Å². The van der Waals surface area contributed by atoms with Crippen LogP contribution in [0.5, 0.6) is 0 Å². The van der Waals surface area contributed by atoms with Crippen LogP contribution in [0.25, 0.3) is 0 Å². The molecule has 2 atom stereocenters. The molecular weight excluding hydrogens is 226 g/mol. The van der Waals surface area contributed by atoms with E-state index in [0.29, 0.717) is 12.5 Å². The molecule has 4 nitrogen and oxygen atoms in total. The quantitative estimate of drug-likeness (QED) is 0.628. The van der Waals surface area contributed by atoms with Gasteiger partial charge in [0.25, 0.3) is 0 Å². The molecule has 0 saturated heterocycles. The van der Waals surface area contributed by atoms with Crippen molar-refractivity contribution in [3.8, 4) is 0 Å². The van der Waals surface area contributed by atoms with Gasteiger partial charge < -0.3 is 15.6 Å². The normalized spacial score (nSPS) is 14.9. The number of esters is 1. The van der Waals surface area contributed by atoms with Gasteiger partial charge in [-0.15, -0.1) is 11.8 Å². The lowest BCUT2D eigenvalue weighted by Crippen LogP contribution is -2.36.